The Balaban J connectivity index is 1.25. The number of aliphatic hydroxyl groups is 1. The van der Waals surface area contributed by atoms with Crippen molar-refractivity contribution in [3.8, 4) is 0 Å². The van der Waals surface area contributed by atoms with Crippen molar-refractivity contribution in [3.63, 3.8) is 0 Å². The van der Waals surface area contributed by atoms with Crippen LogP contribution in [0, 0.1) is 47.3 Å². The van der Waals surface area contributed by atoms with E-state index in [-0.39, 0.29) is 5.92 Å². The second-order valence-electron chi connectivity index (χ2n) is 11.5. The molecule has 8 heteroatoms. The van der Waals surface area contributed by atoms with Gasteiger partial charge < -0.3 is 19.3 Å². The van der Waals surface area contributed by atoms with Crippen molar-refractivity contribution in [3.05, 3.63) is 0 Å². The third-order valence-electron chi connectivity index (χ3n) is 9.90. The number of carbonyl (C=O) groups is 2. The van der Waals surface area contributed by atoms with Gasteiger partial charge >= 0.3 is 11.9 Å². The van der Waals surface area contributed by atoms with E-state index >= 15 is 0 Å². The zero-order valence-electron chi connectivity index (χ0n) is 18.5. The summed E-state index contributed by atoms with van der Waals surface area (Å²) in [6, 6.07) is 0. The van der Waals surface area contributed by atoms with Crippen LogP contribution in [-0.4, -0.2) is 47.1 Å². The summed E-state index contributed by atoms with van der Waals surface area (Å²) in [6.07, 6.45) is 3.03. The third kappa shape index (κ3) is 2.80. The predicted octanol–water partition coefficient (Wildman–Crippen LogP) is 3.30. The Kier molecular flexibility index (Phi) is 4.57. The van der Waals surface area contributed by atoms with Crippen molar-refractivity contribution in [2.45, 2.75) is 88.8 Å². The number of rotatable bonds is 6. The van der Waals surface area contributed by atoms with Gasteiger partial charge in [0.1, 0.15) is 17.8 Å². The van der Waals surface area contributed by atoms with Crippen molar-refractivity contribution in [1.29, 1.82) is 0 Å². The highest BCUT2D eigenvalue weighted by atomic mass is 19.3. The Morgan fingerprint density at radius 3 is 2.34 bits per heavy atom. The monoisotopic (exact) mass is 454 g/mol. The Morgan fingerprint density at radius 1 is 1.16 bits per heavy atom. The maximum atomic E-state index is 13.7. The molecule has 6 saturated carbocycles. The molecule has 0 aromatic heterocycles. The Morgan fingerprint density at radius 2 is 1.78 bits per heavy atom. The molecule has 178 valence electrons. The van der Waals surface area contributed by atoms with E-state index in [1.807, 2.05) is 0 Å². The molecule has 0 aromatic rings. The molecule has 6 nitrogen and oxygen atoms in total. The van der Waals surface area contributed by atoms with Crippen LogP contribution in [0.4, 0.5) is 8.78 Å². The SMILES string of the molecule is CCC1(OC(=O)C2C3CC4C(OC(=O)C42)C3OC(O)C(C)(F)F)C2CC3CC(C2)CC1C3. The molecule has 32 heavy (non-hydrogen) atoms. The minimum absolute atomic E-state index is 0.246. The van der Waals surface area contributed by atoms with Crippen LogP contribution in [0.3, 0.4) is 0 Å². The highest BCUT2D eigenvalue weighted by molar-refractivity contribution is 5.86. The van der Waals surface area contributed by atoms with Crippen LogP contribution in [-0.2, 0) is 23.8 Å². The number of ether oxygens (including phenoxy) is 3. The van der Waals surface area contributed by atoms with Gasteiger partial charge in [-0.2, -0.15) is 0 Å². The molecule has 6 aliphatic carbocycles. The average Bonchev–Trinajstić information content (AvgIpc) is 3.33. The fourth-order valence-electron chi connectivity index (χ4n) is 8.81. The molecule has 0 aromatic carbocycles. The fraction of sp³-hybridized carbons (Fsp3) is 0.917. The summed E-state index contributed by atoms with van der Waals surface area (Å²) in [5, 5.41) is 9.84. The number of hydrogen-bond donors (Lipinski definition) is 1. The second-order valence-corrected chi connectivity index (χ2v) is 11.5. The molecule has 7 aliphatic rings. The van der Waals surface area contributed by atoms with E-state index in [4.69, 9.17) is 14.2 Å². The summed E-state index contributed by atoms with van der Waals surface area (Å²) < 4.78 is 44.4. The van der Waals surface area contributed by atoms with Crippen LogP contribution in [0.25, 0.3) is 0 Å². The lowest BCUT2D eigenvalue weighted by molar-refractivity contribution is -0.263. The summed E-state index contributed by atoms with van der Waals surface area (Å²) in [5.41, 5.74) is -0.486. The van der Waals surface area contributed by atoms with Crippen molar-refractivity contribution >= 4 is 11.9 Å². The lowest BCUT2D eigenvalue weighted by Gasteiger charge is -2.60. The summed E-state index contributed by atoms with van der Waals surface area (Å²) in [7, 11) is 0. The lowest BCUT2D eigenvalue weighted by atomic mass is 9.49. The molecule has 0 radical (unpaired) electrons. The van der Waals surface area contributed by atoms with E-state index in [1.165, 1.54) is 6.42 Å². The molecule has 1 heterocycles. The quantitative estimate of drug-likeness (QED) is 0.490. The first-order valence-electron chi connectivity index (χ1n) is 12.3. The first-order valence-corrected chi connectivity index (χ1v) is 12.3. The number of hydrogen-bond acceptors (Lipinski definition) is 6. The smallest absolute Gasteiger partial charge is 0.310 e. The molecule has 7 atom stereocenters. The van der Waals surface area contributed by atoms with Crippen molar-refractivity contribution in [1.82, 2.24) is 0 Å². The van der Waals surface area contributed by atoms with Gasteiger partial charge in [-0.1, -0.05) is 6.92 Å². The highest BCUT2D eigenvalue weighted by Gasteiger charge is 2.71. The predicted molar refractivity (Wildman–Crippen MR) is 106 cm³/mol. The lowest BCUT2D eigenvalue weighted by Crippen LogP contribution is -2.60. The fourth-order valence-corrected chi connectivity index (χ4v) is 8.81. The molecule has 6 bridgehead atoms. The zero-order chi connectivity index (χ0) is 22.6. The van der Waals surface area contributed by atoms with E-state index in [1.54, 1.807) is 0 Å². The molecule has 1 N–H and O–H groups in total. The summed E-state index contributed by atoms with van der Waals surface area (Å²) in [4.78, 5) is 26.3. The second kappa shape index (κ2) is 6.87. The summed E-state index contributed by atoms with van der Waals surface area (Å²) >= 11 is 0. The van der Waals surface area contributed by atoms with Crippen LogP contribution < -0.4 is 0 Å². The normalized spacial score (nSPS) is 51.2. The molecule has 7 fully saturated rings. The van der Waals surface area contributed by atoms with Gasteiger partial charge in [0.25, 0.3) is 5.92 Å². The van der Waals surface area contributed by atoms with Gasteiger partial charge in [0, 0.05) is 18.8 Å². The van der Waals surface area contributed by atoms with Gasteiger partial charge in [0.15, 0.2) is 0 Å². The molecule has 1 saturated heterocycles. The first-order chi connectivity index (χ1) is 15.1. The van der Waals surface area contributed by atoms with Crippen LogP contribution in [0.5, 0.6) is 0 Å². The zero-order valence-corrected chi connectivity index (χ0v) is 18.5. The van der Waals surface area contributed by atoms with Crippen LogP contribution in [0.15, 0.2) is 0 Å². The third-order valence-corrected chi connectivity index (χ3v) is 9.90. The maximum absolute atomic E-state index is 13.7. The molecule has 7 rings (SSSR count). The Labute approximate surface area is 186 Å². The molecule has 0 spiro atoms. The molecule has 0 amide bonds. The van der Waals surface area contributed by atoms with Crippen molar-refractivity contribution in [2.75, 3.05) is 0 Å². The maximum Gasteiger partial charge on any atom is 0.310 e. The van der Waals surface area contributed by atoms with Crippen LogP contribution in [0.2, 0.25) is 0 Å². The molecular formula is C24H32F2O6. The topological polar surface area (TPSA) is 82.1 Å². The van der Waals surface area contributed by atoms with Crippen LogP contribution >= 0.6 is 0 Å². The van der Waals surface area contributed by atoms with Gasteiger partial charge in [-0.05, 0) is 68.6 Å². The number of alkyl halides is 2. The van der Waals surface area contributed by atoms with Gasteiger partial charge in [0.2, 0.25) is 6.29 Å². The van der Waals surface area contributed by atoms with Crippen molar-refractivity contribution < 1.29 is 37.7 Å². The van der Waals surface area contributed by atoms with Gasteiger partial charge in [-0.15, -0.1) is 0 Å². The molecule has 1 aliphatic heterocycles. The number of aliphatic hydroxyl groups excluding tert-OH is 1. The highest BCUT2D eigenvalue weighted by Crippen LogP contribution is 2.63. The van der Waals surface area contributed by atoms with E-state index in [9.17, 15) is 23.5 Å². The number of esters is 2. The van der Waals surface area contributed by atoms with E-state index < -0.39 is 59.7 Å². The first kappa shape index (κ1) is 21.3. The molecule has 7 unspecified atom stereocenters. The minimum atomic E-state index is -3.45. The van der Waals surface area contributed by atoms with E-state index in [0.29, 0.717) is 25.2 Å². The van der Waals surface area contributed by atoms with Gasteiger partial charge in [-0.3, -0.25) is 9.59 Å². The summed E-state index contributed by atoms with van der Waals surface area (Å²) in [5.74, 6) is -4.18. The van der Waals surface area contributed by atoms with Gasteiger partial charge in [0.05, 0.1) is 11.8 Å². The Bertz CT molecular complexity index is 796. The standard InChI is InChI=1S/C24H32F2O6/c1-3-24(12-5-10-4-11(7-12)8-13(24)6-10)32-21(28)17-15-9-14-16(17)20(27)30-18(14)19(15)31-22(29)23(2,25)26/h10-19,22,29H,3-9H2,1-2H3. The largest absolute Gasteiger partial charge is 0.459 e. The number of fused-ring (bicyclic) bond motifs is 1. The number of halogens is 2. The minimum Gasteiger partial charge on any atom is -0.459 e. The number of carbonyl (C=O) groups excluding carboxylic acids is 2. The summed E-state index contributed by atoms with van der Waals surface area (Å²) in [6.45, 7) is 2.67. The average molecular weight is 455 g/mol. The van der Waals surface area contributed by atoms with E-state index in [2.05, 4.69) is 6.92 Å². The molecular weight excluding hydrogens is 422 g/mol. The van der Waals surface area contributed by atoms with E-state index in [0.717, 1.165) is 43.9 Å². The van der Waals surface area contributed by atoms with Crippen molar-refractivity contribution in [2.24, 2.45) is 47.3 Å². The Hall–Kier alpha value is -1.28. The van der Waals surface area contributed by atoms with Gasteiger partial charge in [-0.25, -0.2) is 8.78 Å². The van der Waals surface area contributed by atoms with Crippen LogP contribution in [0.1, 0.15) is 58.8 Å².